The summed E-state index contributed by atoms with van der Waals surface area (Å²) in [6.07, 6.45) is 0.223. The molecule has 7 nitrogen and oxygen atoms in total. The third kappa shape index (κ3) is 5.71. The van der Waals surface area contributed by atoms with Crippen LogP contribution in [0.3, 0.4) is 0 Å². The number of nitrogens with zero attached hydrogens (tertiary/aromatic N) is 1. The SMILES string of the molecule is COc1cc(/C=C(\C#N)C(=O)[O-])ccc1OC(=O)OC(C)(C)C. The normalized spacial score (nSPS) is 11.3. The molecule has 0 aromatic heterocycles. The van der Waals surface area contributed by atoms with Gasteiger partial charge in [-0.05, 0) is 44.5 Å². The molecule has 7 heteroatoms. The summed E-state index contributed by atoms with van der Waals surface area (Å²) in [4.78, 5) is 22.4. The summed E-state index contributed by atoms with van der Waals surface area (Å²) < 4.78 is 15.2. The Labute approximate surface area is 133 Å². The second-order valence-corrected chi connectivity index (χ2v) is 5.43. The predicted molar refractivity (Wildman–Crippen MR) is 78.5 cm³/mol. The highest BCUT2D eigenvalue weighted by Gasteiger charge is 2.19. The van der Waals surface area contributed by atoms with Crippen LogP contribution in [0.1, 0.15) is 26.3 Å². The molecule has 0 saturated heterocycles. The molecular weight excluding hydrogens is 302 g/mol. The minimum atomic E-state index is -1.58. The maximum absolute atomic E-state index is 11.7. The minimum Gasteiger partial charge on any atom is -0.544 e. The van der Waals surface area contributed by atoms with Crippen LogP contribution in [0.25, 0.3) is 6.08 Å². The van der Waals surface area contributed by atoms with E-state index in [4.69, 9.17) is 19.5 Å². The Bertz CT molecular complexity index is 679. The van der Waals surface area contributed by atoms with Crippen LogP contribution >= 0.6 is 0 Å². The number of carboxylic acid groups (broad SMARTS) is 1. The van der Waals surface area contributed by atoms with Crippen LogP contribution in [-0.2, 0) is 9.53 Å². The van der Waals surface area contributed by atoms with Crippen LogP contribution in [0.15, 0.2) is 23.8 Å². The second kappa shape index (κ2) is 7.31. The number of carboxylic acids is 1. The molecule has 0 unspecified atom stereocenters. The Morgan fingerprint density at radius 1 is 1.26 bits per heavy atom. The molecule has 0 heterocycles. The number of carbonyl (C=O) groups excluding carboxylic acids is 2. The lowest BCUT2D eigenvalue weighted by Gasteiger charge is -2.19. The molecule has 0 fully saturated rings. The van der Waals surface area contributed by atoms with Gasteiger partial charge in [0.2, 0.25) is 0 Å². The van der Waals surface area contributed by atoms with Crippen LogP contribution in [0.5, 0.6) is 11.5 Å². The smallest absolute Gasteiger partial charge is 0.514 e. The summed E-state index contributed by atoms with van der Waals surface area (Å²) in [6.45, 7) is 5.09. The number of methoxy groups -OCH3 is 1. The number of carbonyl (C=O) groups is 2. The summed E-state index contributed by atoms with van der Waals surface area (Å²) in [5, 5.41) is 19.4. The van der Waals surface area contributed by atoms with Crippen molar-refractivity contribution in [2.24, 2.45) is 0 Å². The van der Waals surface area contributed by atoms with Gasteiger partial charge in [-0.25, -0.2) is 4.79 Å². The number of ether oxygens (including phenoxy) is 3. The molecular formula is C16H16NO6-. The standard InChI is InChI=1S/C16H17NO6/c1-16(2,3)23-15(20)22-12-6-5-10(8-13(12)21-4)7-11(9-17)14(18)19/h5-8H,1-4H3,(H,18,19)/p-1/b11-7+. The van der Waals surface area contributed by atoms with E-state index in [0.717, 1.165) is 6.08 Å². The van der Waals surface area contributed by atoms with E-state index in [2.05, 4.69) is 0 Å². The molecule has 122 valence electrons. The number of aliphatic carboxylic acids is 1. The van der Waals surface area contributed by atoms with Gasteiger partial charge in [-0.15, -0.1) is 0 Å². The topological polar surface area (TPSA) is 109 Å². The van der Waals surface area contributed by atoms with Gasteiger partial charge < -0.3 is 24.1 Å². The molecule has 1 aromatic rings. The first-order valence-electron chi connectivity index (χ1n) is 6.58. The van der Waals surface area contributed by atoms with Gasteiger partial charge in [-0.3, -0.25) is 0 Å². The molecule has 0 aliphatic heterocycles. The zero-order chi connectivity index (χ0) is 17.6. The van der Waals surface area contributed by atoms with Crippen molar-refractivity contribution < 1.29 is 28.9 Å². The minimum absolute atomic E-state index is 0.103. The van der Waals surface area contributed by atoms with E-state index in [1.807, 2.05) is 0 Å². The highest BCUT2D eigenvalue weighted by atomic mass is 16.7. The number of benzene rings is 1. The van der Waals surface area contributed by atoms with Crippen molar-refractivity contribution in [3.05, 3.63) is 29.3 Å². The highest BCUT2D eigenvalue weighted by molar-refractivity contribution is 5.95. The van der Waals surface area contributed by atoms with Gasteiger partial charge in [0, 0.05) is 0 Å². The Morgan fingerprint density at radius 3 is 2.39 bits per heavy atom. The van der Waals surface area contributed by atoms with Crippen molar-refractivity contribution in [3.63, 3.8) is 0 Å². The first-order chi connectivity index (χ1) is 10.7. The third-order valence-electron chi connectivity index (χ3n) is 2.42. The zero-order valence-electron chi connectivity index (χ0n) is 13.2. The highest BCUT2D eigenvalue weighted by Crippen LogP contribution is 2.29. The molecule has 1 aromatic carbocycles. The van der Waals surface area contributed by atoms with Crippen molar-refractivity contribution in [2.75, 3.05) is 7.11 Å². The van der Waals surface area contributed by atoms with E-state index in [9.17, 15) is 14.7 Å². The summed E-state index contributed by atoms with van der Waals surface area (Å²) in [5.74, 6) is -1.30. The van der Waals surface area contributed by atoms with Crippen LogP contribution in [0, 0.1) is 11.3 Å². The molecule has 0 amide bonds. The Hall–Kier alpha value is -3.01. The Balaban J connectivity index is 3.04. The summed E-state index contributed by atoms with van der Waals surface area (Å²) in [7, 11) is 1.36. The Kier molecular flexibility index (Phi) is 5.74. The van der Waals surface area contributed by atoms with Gasteiger partial charge in [0.1, 0.15) is 11.7 Å². The number of nitriles is 1. The van der Waals surface area contributed by atoms with Gasteiger partial charge >= 0.3 is 6.16 Å². The fraction of sp³-hybridized carbons (Fsp3) is 0.312. The van der Waals surface area contributed by atoms with Gasteiger partial charge in [0.15, 0.2) is 11.5 Å². The largest absolute Gasteiger partial charge is 0.544 e. The van der Waals surface area contributed by atoms with Gasteiger partial charge in [-0.2, -0.15) is 5.26 Å². The van der Waals surface area contributed by atoms with Crippen molar-refractivity contribution >= 4 is 18.2 Å². The van der Waals surface area contributed by atoms with Crippen LogP contribution in [0.4, 0.5) is 4.79 Å². The van der Waals surface area contributed by atoms with E-state index >= 15 is 0 Å². The maximum atomic E-state index is 11.7. The lowest BCUT2D eigenvalue weighted by Crippen LogP contribution is -2.26. The van der Waals surface area contributed by atoms with E-state index < -0.39 is 23.3 Å². The third-order valence-corrected chi connectivity index (χ3v) is 2.42. The first kappa shape index (κ1) is 18.0. The molecule has 23 heavy (non-hydrogen) atoms. The lowest BCUT2D eigenvalue weighted by atomic mass is 10.1. The molecule has 0 atom stereocenters. The molecule has 0 bridgehead atoms. The fourth-order valence-corrected chi connectivity index (χ4v) is 1.52. The monoisotopic (exact) mass is 318 g/mol. The van der Waals surface area contributed by atoms with E-state index in [0.29, 0.717) is 5.56 Å². The average Bonchev–Trinajstić information content (AvgIpc) is 2.43. The van der Waals surface area contributed by atoms with Crippen molar-refractivity contribution in [1.29, 1.82) is 5.26 Å². The van der Waals surface area contributed by atoms with E-state index in [1.54, 1.807) is 20.8 Å². The molecule has 0 saturated carbocycles. The average molecular weight is 318 g/mol. The lowest BCUT2D eigenvalue weighted by molar-refractivity contribution is -0.298. The molecule has 0 N–H and O–H groups in total. The maximum Gasteiger partial charge on any atom is 0.514 e. The van der Waals surface area contributed by atoms with E-state index in [1.165, 1.54) is 31.4 Å². The molecule has 1 rings (SSSR count). The Morgan fingerprint density at radius 2 is 1.91 bits per heavy atom. The summed E-state index contributed by atoms with van der Waals surface area (Å²) in [6, 6.07) is 5.79. The van der Waals surface area contributed by atoms with Crippen molar-refractivity contribution in [3.8, 4) is 17.6 Å². The van der Waals surface area contributed by atoms with Gasteiger partial charge in [0.05, 0.1) is 18.7 Å². The zero-order valence-corrected chi connectivity index (χ0v) is 13.2. The summed E-state index contributed by atoms with van der Waals surface area (Å²) >= 11 is 0. The molecule has 0 spiro atoms. The van der Waals surface area contributed by atoms with Crippen LogP contribution in [0.2, 0.25) is 0 Å². The van der Waals surface area contributed by atoms with E-state index in [-0.39, 0.29) is 11.5 Å². The molecule has 0 aliphatic rings. The predicted octanol–water partition coefficient (Wildman–Crippen LogP) is 1.67. The second-order valence-electron chi connectivity index (χ2n) is 5.43. The molecule has 0 radical (unpaired) electrons. The van der Waals surface area contributed by atoms with Crippen LogP contribution in [-0.4, -0.2) is 24.8 Å². The quantitative estimate of drug-likeness (QED) is 0.359. The first-order valence-corrected chi connectivity index (χ1v) is 6.58. The van der Waals surface area contributed by atoms with Crippen molar-refractivity contribution in [1.82, 2.24) is 0 Å². The summed E-state index contributed by atoms with van der Waals surface area (Å²) in [5.41, 5.74) is -0.865. The van der Waals surface area contributed by atoms with Crippen molar-refractivity contribution in [2.45, 2.75) is 26.4 Å². The van der Waals surface area contributed by atoms with Gasteiger partial charge in [0.25, 0.3) is 0 Å². The number of hydrogen-bond donors (Lipinski definition) is 0. The van der Waals surface area contributed by atoms with Crippen LogP contribution < -0.4 is 14.6 Å². The number of hydrogen-bond acceptors (Lipinski definition) is 7. The molecule has 0 aliphatic carbocycles. The van der Waals surface area contributed by atoms with Gasteiger partial charge in [-0.1, -0.05) is 6.07 Å². The fourth-order valence-electron chi connectivity index (χ4n) is 1.52. The number of rotatable bonds is 4.